The molecule has 0 heterocycles. The largest absolute Gasteiger partial charge is 0.394 e. The summed E-state index contributed by atoms with van der Waals surface area (Å²) in [5.41, 5.74) is 1.81. The van der Waals surface area contributed by atoms with Crippen LogP contribution in [-0.4, -0.2) is 7.05 Å². The van der Waals surface area contributed by atoms with Gasteiger partial charge in [-0.3, -0.25) is 0 Å². The molecule has 1 aromatic carbocycles. The number of nitrogens with one attached hydrogen (secondary N) is 1. The minimum absolute atomic E-state index is 0.459. The molecule has 14 heavy (non-hydrogen) atoms. The molecule has 0 aliphatic rings. The zero-order valence-corrected chi connectivity index (χ0v) is 8.49. The van der Waals surface area contributed by atoms with Crippen LogP contribution in [-0.2, 0) is 0 Å². The van der Waals surface area contributed by atoms with Crippen molar-refractivity contribution in [2.75, 3.05) is 7.05 Å². The van der Waals surface area contributed by atoms with E-state index in [-0.39, 0.29) is 0 Å². The summed E-state index contributed by atoms with van der Waals surface area (Å²) in [5.74, 6) is -1.06. The first-order valence-corrected chi connectivity index (χ1v) is 4.36. The third-order valence-corrected chi connectivity index (χ3v) is 2.01. The van der Waals surface area contributed by atoms with E-state index in [0.29, 0.717) is 11.1 Å². The van der Waals surface area contributed by atoms with Gasteiger partial charge in [0, 0.05) is 18.7 Å². The van der Waals surface area contributed by atoms with Gasteiger partial charge >= 0.3 is 0 Å². The van der Waals surface area contributed by atoms with E-state index in [2.05, 4.69) is 5.32 Å². The highest BCUT2D eigenvalue weighted by Gasteiger charge is 2.09. The number of aryl methyl sites for hydroxylation is 1. The van der Waals surface area contributed by atoms with E-state index in [1.54, 1.807) is 27.1 Å². The van der Waals surface area contributed by atoms with Crippen molar-refractivity contribution in [3.63, 3.8) is 0 Å². The molecule has 0 radical (unpaired) electrons. The first-order chi connectivity index (χ1) is 6.56. The molecule has 76 valence electrons. The van der Waals surface area contributed by atoms with E-state index < -0.39 is 11.6 Å². The van der Waals surface area contributed by atoms with E-state index >= 15 is 0 Å². The monoisotopic (exact) mass is 197 g/mol. The maximum absolute atomic E-state index is 13.4. The molecule has 0 bridgehead atoms. The predicted molar refractivity (Wildman–Crippen MR) is 53.8 cm³/mol. The van der Waals surface area contributed by atoms with Crippen molar-refractivity contribution < 1.29 is 8.78 Å². The molecule has 1 N–H and O–H groups in total. The number of hydrogen-bond donors (Lipinski definition) is 1. The number of allylic oxidation sites excluding steroid dienone is 1. The predicted octanol–water partition coefficient (Wildman–Crippen LogP) is 2.85. The van der Waals surface area contributed by atoms with E-state index in [0.717, 1.165) is 11.6 Å². The van der Waals surface area contributed by atoms with Crippen molar-refractivity contribution in [3.05, 3.63) is 41.1 Å². The van der Waals surface area contributed by atoms with Crippen molar-refractivity contribution in [1.82, 2.24) is 5.32 Å². The van der Waals surface area contributed by atoms with Gasteiger partial charge in [0.25, 0.3) is 0 Å². The summed E-state index contributed by atoms with van der Waals surface area (Å²) in [6, 6.07) is 2.22. The van der Waals surface area contributed by atoms with Crippen molar-refractivity contribution in [2.45, 2.75) is 13.8 Å². The maximum Gasteiger partial charge on any atom is 0.133 e. The van der Waals surface area contributed by atoms with Gasteiger partial charge in [0.2, 0.25) is 0 Å². The van der Waals surface area contributed by atoms with Crippen molar-refractivity contribution in [1.29, 1.82) is 0 Å². The van der Waals surface area contributed by atoms with Gasteiger partial charge in [-0.05, 0) is 37.3 Å². The Labute approximate surface area is 82.4 Å². The van der Waals surface area contributed by atoms with Gasteiger partial charge < -0.3 is 5.32 Å². The lowest BCUT2D eigenvalue weighted by Crippen LogP contribution is -1.99. The SMILES string of the molecule is CN/C=C(\C)c1c(C)cc(F)cc1F. The molecule has 0 atom stereocenters. The van der Waals surface area contributed by atoms with E-state index in [4.69, 9.17) is 0 Å². The standard InChI is InChI=1S/C11H13F2N/c1-7-4-9(12)5-10(13)11(7)8(2)6-14-3/h4-6,14H,1-3H3/b8-6+. The molecule has 1 nitrogen and oxygen atoms in total. The molecule has 3 heteroatoms. The zero-order chi connectivity index (χ0) is 10.7. The molecule has 0 aliphatic carbocycles. The van der Waals surface area contributed by atoms with Gasteiger partial charge in [-0.1, -0.05) is 0 Å². The second-order valence-electron chi connectivity index (χ2n) is 3.20. The Bertz CT molecular complexity index is 347. The lowest BCUT2D eigenvalue weighted by molar-refractivity contribution is 0.579. The molecule has 0 spiro atoms. The summed E-state index contributed by atoms with van der Waals surface area (Å²) in [5, 5.41) is 2.81. The highest BCUT2D eigenvalue weighted by Crippen LogP contribution is 2.22. The molecule has 0 amide bonds. The van der Waals surface area contributed by atoms with Gasteiger partial charge in [0.15, 0.2) is 0 Å². The molecule has 0 fully saturated rings. The quantitative estimate of drug-likeness (QED) is 0.768. The molecule has 0 aliphatic heterocycles. The van der Waals surface area contributed by atoms with Gasteiger partial charge in [-0.15, -0.1) is 0 Å². The average molecular weight is 197 g/mol. The van der Waals surface area contributed by atoms with Crippen LogP contribution in [0.15, 0.2) is 18.3 Å². The zero-order valence-electron chi connectivity index (χ0n) is 8.49. The van der Waals surface area contributed by atoms with Crippen molar-refractivity contribution in [2.24, 2.45) is 0 Å². The first-order valence-electron chi connectivity index (χ1n) is 4.36. The second kappa shape index (κ2) is 4.22. The Balaban J connectivity index is 3.27. The fourth-order valence-corrected chi connectivity index (χ4v) is 1.49. The summed E-state index contributed by atoms with van der Waals surface area (Å²) in [6.07, 6.45) is 1.68. The summed E-state index contributed by atoms with van der Waals surface area (Å²) < 4.78 is 26.2. The summed E-state index contributed by atoms with van der Waals surface area (Å²) in [7, 11) is 1.74. The summed E-state index contributed by atoms with van der Waals surface area (Å²) >= 11 is 0. The fraction of sp³-hybridized carbons (Fsp3) is 0.273. The average Bonchev–Trinajstić information content (AvgIpc) is 2.01. The van der Waals surface area contributed by atoms with Crippen molar-refractivity contribution >= 4 is 5.57 Å². The Morgan fingerprint density at radius 1 is 1.36 bits per heavy atom. The lowest BCUT2D eigenvalue weighted by Gasteiger charge is -2.07. The molecule has 1 aromatic rings. The minimum Gasteiger partial charge on any atom is -0.394 e. The second-order valence-corrected chi connectivity index (χ2v) is 3.20. The van der Waals surface area contributed by atoms with Gasteiger partial charge in [-0.25, -0.2) is 8.78 Å². The van der Waals surface area contributed by atoms with E-state index in [9.17, 15) is 8.78 Å². The number of hydrogen-bond acceptors (Lipinski definition) is 1. The van der Waals surface area contributed by atoms with E-state index in [1.165, 1.54) is 6.07 Å². The summed E-state index contributed by atoms with van der Waals surface area (Å²) in [4.78, 5) is 0. The summed E-state index contributed by atoms with van der Waals surface area (Å²) in [6.45, 7) is 3.47. The van der Waals surface area contributed by atoms with Crippen LogP contribution in [0.1, 0.15) is 18.1 Å². The Hall–Kier alpha value is -1.38. The Kier molecular flexibility index (Phi) is 3.23. The minimum atomic E-state index is -0.541. The highest BCUT2D eigenvalue weighted by atomic mass is 19.1. The smallest absolute Gasteiger partial charge is 0.133 e. The van der Waals surface area contributed by atoms with Crippen LogP contribution in [0.2, 0.25) is 0 Å². The molecular weight excluding hydrogens is 184 g/mol. The Morgan fingerprint density at radius 3 is 2.50 bits per heavy atom. The van der Waals surface area contributed by atoms with Crippen LogP contribution in [0, 0.1) is 18.6 Å². The normalized spacial score (nSPS) is 11.6. The van der Waals surface area contributed by atoms with Crippen LogP contribution >= 0.6 is 0 Å². The van der Waals surface area contributed by atoms with Crippen LogP contribution in [0.25, 0.3) is 5.57 Å². The number of benzene rings is 1. The molecule has 0 saturated carbocycles. The van der Waals surface area contributed by atoms with E-state index in [1.807, 2.05) is 0 Å². The van der Waals surface area contributed by atoms with Gasteiger partial charge in [-0.2, -0.15) is 0 Å². The lowest BCUT2D eigenvalue weighted by atomic mass is 10.0. The van der Waals surface area contributed by atoms with Gasteiger partial charge in [0.05, 0.1) is 0 Å². The highest BCUT2D eigenvalue weighted by molar-refractivity contribution is 5.66. The van der Waals surface area contributed by atoms with Crippen molar-refractivity contribution in [3.8, 4) is 0 Å². The molecule has 1 rings (SSSR count). The topological polar surface area (TPSA) is 12.0 Å². The third-order valence-electron chi connectivity index (χ3n) is 2.01. The molecule has 0 unspecified atom stereocenters. The van der Waals surface area contributed by atoms with Crippen LogP contribution in [0.3, 0.4) is 0 Å². The number of halogens is 2. The molecular formula is C11H13F2N. The third kappa shape index (κ3) is 2.10. The molecule has 0 aromatic heterocycles. The van der Waals surface area contributed by atoms with Crippen LogP contribution in [0.5, 0.6) is 0 Å². The number of rotatable bonds is 2. The van der Waals surface area contributed by atoms with Crippen LogP contribution < -0.4 is 5.32 Å². The molecule has 0 saturated heterocycles. The van der Waals surface area contributed by atoms with Crippen LogP contribution in [0.4, 0.5) is 8.78 Å². The Morgan fingerprint density at radius 2 is 2.00 bits per heavy atom. The fourth-order valence-electron chi connectivity index (χ4n) is 1.49. The maximum atomic E-state index is 13.4. The first kappa shape index (κ1) is 10.7. The van der Waals surface area contributed by atoms with Gasteiger partial charge in [0.1, 0.15) is 11.6 Å².